The molecule has 2 rings (SSSR count). The Bertz CT molecular complexity index is 646. The van der Waals surface area contributed by atoms with Crippen LogP contribution in [0.3, 0.4) is 0 Å². The van der Waals surface area contributed by atoms with E-state index in [0.29, 0.717) is 5.89 Å². The number of hydrogen-bond donors (Lipinski definition) is 1. The molecule has 7 nitrogen and oxygen atoms in total. The first kappa shape index (κ1) is 11.5. The van der Waals surface area contributed by atoms with Crippen LogP contribution < -0.4 is 5.56 Å². The molecule has 0 aliphatic rings. The van der Waals surface area contributed by atoms with Crippen LogP contribution in [0.1, 0.15) is 16.2 Å². The molecule has 1 N–H and O–H groups in total. The van der Waals surface area contributed by atoms with Crippen LogP contribution in [0.25, 0.3) is 6.01 Å². The van der Waals surface area contributed by atoms with Crippen molar-refractivity contribution in [3.8, 4) is 6.01 Å². The van der Waals surface area contributed by atoms with Crippen LogP contribution in [-0.4, -0.2) is 25.8 Å². The van der Waals surface area contributed by atoms with Crippen LogP contribution in [0, 0.1) is 6.92 Å². The average molecular weight is 300 g/mol. The fraction of sp³-hybridized carbons (Fsp3) is 0.111. The summed E-state index contributed by atoms with van der Waals surface area (Å²) >= 11 is 3.06. The van der Waals surface area contributed by atoms with Crippen LogP contribution in [0.2, 0.25) is 0 Å². The van der Waals surface area contributed by atoms with Gasteiger partial charge in [0.25, 0.3) is 5.56 Å². The second-order valence-corrected chi connectivity index (χ2v) is 4.01. The van der Waals surface area contributed by atoms with Gasteiger partial charge in [-0.15, -0.1) is 5.10 Å². The number of aryl methyl sites for hydroxylation is 1. The molecule has 0 unspecified atom stereocenters. The molecule has 0 bridgehead atoms. The van der Waals surface area contributed by atoms with Crippen LogP contribution in [0.4, 0.5) is 0 Å². The molecule has 2 aromatic rings. The Labute approximate surface area is 103 Å². The third kappa shape index (κ3) is 2.11. The Morgan fingerprint density at radius 1 is 1.53 bits per heavy atom. The molecule has 0 fully saturated rings. The molecule has 8 heteroatoms. The summed E-state index contributed by atoms with van der Waals surface area (Å²) in [4.78, 5) is 22.5. The van der Waals surface area contributed by atoms with Crippen LogP contribution in [-0.2, 0) is 0 Å². The number of hydrogen-bond acceptors (Lipinski definition) is 5. The van der Waals surface area contributed by atoms with Gasteiger partial charge in [0, 0.05) is 23.7 Å². The molecule has 17 heavy (non-hydrogen) atoms. The van der Waals surface area contributed by atoms with Crippen molar-refractivity contribution in [1.29, 1.82) is 0 Å². The van der Waals surface area contributed by atoms with Gasteiger partial charge in [-0.1, -0.05) is 5.10 Å². The van der Waals surface area contributed by atoms with Gasteiger partial charge in [0.1, 0.15) is 0 Å². The molecule has 88 valence electrons. The van der Waals surface area contributed by atoms with E-state index in [0.717, 1.165) is 10.6 Å². The van der Waals surface area contributed by atoms with E-state index < -0.39 is 11.5 Å². The Morgan fingerprint density at radius 3 is 2.76 bits per heavy atom. The van der Waals surface area contributed by atoms with Crippen molar-refractivity contribution in [3.63, 3.8) is 0 Å². The molecular formula is C9H6BrN3O4. The first-order valence-corrected chi connectivity index (χ1v) is 5.24. The minimum Gasteiger partial charge on any atom is -0.478 e. The molecule has 0 saturated carbocycles. The lowest BCUT2D eigenvalue weighted by atomic mass is 10.3. The number of rotatable bonds is 2. The molecular weight excluding hydrogens is 294 g/mol. The number of aromatic nitrogens is 3. The molecule has 0 spiro atoms. The van der Waals surface area contributed by atoms with Gasteiger partial charge in [0.05, 0.1) is 5.56 Å². The van der Waals surface area contributed by atoms with Gasteiger partial charge in [-0.25, -0.2) is 9.36 Å². The lowest BCUT2D eigenvalue weighted by Crippen LogP contribution is -2.19. The standard InChI is InChI=1S/C9H6BrN3O4/c1-4-11-12-9(17-4)13-3-6(10)5(8(15)16)2-7(13)14/h2-3H,1H3,(H,15,16). The largest absolute Gasteiger partial charge is 0.478 e. The number of pyridine rings is 1. The van der Waals surface area contributed by atoms with Crippen LogP contribution >= 0.6 is 15.9 Å². The van der Waals surface area contributed by atoms with E-state index in [-0.39, 0.29) is 16.1 Å². The maximum atomic E-state index is 11.7. The summed E-state index contributed by atoms with van der Waals surface area (Å²) < 4.78 is 6.39. The number of carboxylic acids is 1. The highest BCUT2D eigenvalue weighted by Crippen LogP contribution is 2.15. The van der Waals surface area contributed by atoms with Gasteiger partial charge in [-0.05, 0) is 15.9 Å². The van der Waals surface area contributed by atoms with E-state index in [9.17, 15) is 9.59 Å². The molecule has 0 saturated heterocycles. The predicted octanol–water partition coefficient (Wildman–Crippen LogP) is 0.990. The van der Waals surface area contributed by atoms with Crippen molar-refractivity contribution >= 4 is 21.9 Å². The second kappa shape index (κ2) is 4.13. The summed E-state index contributed by atoms with van der Waals surface area (Å²) in [6.45, 7) is 1.59. The van der Waals surface area contributed by atoms with Gasteiger partial charge in [-0.2, -0.15) is 0 Å². The first-order chi connectivity index (χ1) is 7.99. The van der Waals surface area contributed by atoms with Crippen molar-refractivity contribution in [3.05, 3.63) is 38.5 Å². The molecule has 0 radical (unpaired) electrons. The zero-order valence-electron chi connectivity index (χ0n) is 8.55. The minimum atomic E-state index is -1.19. The third-order valence-corrected chi connectivity index (χ3v) is 2.59. The van der Waals surface area contributed by atoms with Crippen molar-refractivity contribution in [2.45, 2.75) is 6.92 Å². The number of carboxylic acid groups (broad SMARTS) is 1. The zero-order chi connectivity index (χ0) is 12.6. The van der Waals surface area contributed by atoms with Gasteiger partial charge in [0.15, 0.2) is 0 Å². The van der Waals surface area contributed by atoms with Crippen LogP contribution in [0.15, 0.2) is 25.9 Å². The van der Waals surface area contributed by atoms with Gasteiger partial charge >= 0.3 is 12.0 Å². The quantitative estimate of drug-likeness (QED) is 0.888. The highest BCUT2D eigenvalue weighted by atomic mass is 79.9. The van der Waals surface area contributed by atoms with Crippen molar-refractivity contribution in [2.75, 3.05) is 0 Å². The van der Waals surface area contributed by atoms with E-state index >= 15 is 0 Å². The zero-order valence-corrected chi connectivity index (χ0v) is 10.1. The van der Waals surface area contributed by atoms with Gasteiger partial charge in [-0.3, -0.25) is 4.79 Å². The highest BCUT2D eigenvalue weighted by Gasteiger charge is 2.14. The van der Waals surface area contributed by atoms with Crippen LogP contribution in [0.5, 0.6) is 0 Å². The summed E-state index contributed by atoms with van der Waals surface area (Å²) in [5.74, 6) is -0.881. The number of aromatic carboxylic acids is 1. The van der Waals surface area contributed by atoms with E-state index in [1.54, 1.807) is 6.92 Å². The number of nitrogens with zero attached hydrogens (tertiary/aromatic N) is 3. The predicted molar refractivity (Wildman–Crippen MR) is 59.3 cm³/mol. The normalized spacial score (nSPS) is 10.5. The fourth-order valence-electron chi connectivity index (χ4n) is 1.21. The summed E-state index contributed by atoms with van der Waals surface area (Å²) in [6.07, 6.45) is 1.28. The topological polar surface area (TPSA) is 98.2 Å². The summed E-state index contributed by atoms with van der Waals surface area (Å²) in [5.41, 5.74) is -0.684. The van der Waals surface area contributed by atoms with E-state index in [1.807, 2.05) is 0 Å². The first-order valence-electron chi connectivity index (χ1n) is 4.45. The lowest BCUT2D eigenvalue weighted by molar-refractivity contribution is 0.0695. The Kier molecular flexibility index (Phi) is 2.80. The molecule has 0 atom stereocenters. The molecule has 0 aliphatic carbocycles. The second-order valence-electron chi connectivity index (χ2n) is 3.15. The monoisotopic (exact) mass is 299 g/mol. The van der Waals surface area contributed by atoms with E-state index in [2.05, 4.69) is 26.1 Å². The average Bonchev–Trinajstić information content (AvgIpc) is 2.67. The minimum absolute atomic E-state index is 0.00913. The molecule has 0 aliphatic heterocycles. The maximum Gasteiger partial charge on any atom is 0.337 e. The third-order valence-electron chi connectivity index (χ3n) is 1.96. The lowest BCUT2D eigenvalue weighted by Gasteiger charge is -2.02. The SMILES string of the molecule is Cc1nnc(-n2cc(Br)c(C(=O)O)cc2=O)o1. The van der Waals surface area contributed by atoms with E-state index in [1.165, 1.54) is 6.20 Å². The summed E-state index contributed by atoms with van der Waals surface area (Å²) in [6, 6.07) is 0.969. The fourth-order valence-corrected chi connectivity index (χ4v) is 1.69. The maximum absolute atomic E-state index is 11.7. The molecule has 0 aromatic carbocycles. The Hall–Kier alpha value is -1.96. The Morgan fingerprint density at radius 2 is 2.24 bits per heavy atom. The van der Waals surface area contributed by atoms with Crippen molar-refractivity contribution in [2.24, 2.45) is 0 Å². The summed E-state index contributed by atoms with van der Waals surface area (Å²) in [5, 5.41) is 16.1. The molecule has 2 heterocycles. The smallest absolute Gasteiger partial charge is 0.337 e. The van der Waals surface area contributed by atoms with Gasteiger partial charge in [0.2, 0.25) is 5.89 Å². The van der Waals surface area contributed by atoms with E-state index in [4.69, 9.17) is 9.52 Å². The van der Waals surface area contributed by atoms with Crippen molar-refractivity contribution < 1.29 is 14.3 Å². The van der Waals surface area contributed by atoms with Crippen molar-refractivity contribution in [1.82, 2.24) is 14.8 Å². The molecule has 2 aromatic heterocycles. The summed E-state index contributed by atoms with van der Waals surface area (Å²) in [7, 11) is 0. The molecule has 0 amide bonds. The van der Waals surface area contributed by atoms with Gasteiger partial charge < -0.3 is 9.52 Å². The highest BCUT2D eigenvalue weighted by molar-refractivity contribution is 9.10. The number of halogens is 1. The Balaban J connectivity index is 2.62. The number of carbonyl (C=O) groups is 1.